The van der Waals surface area contributed by atoms with Crippen LogP contribution in [0.1, 0.15) is 29.2 Å². The fourth-order valence-corrected chi connectivity index (χ4v) is 2.39. The van der Waals surface area contributed by atoms with Gasteiger partial charge in [-0.05, 0) is 31.1 Å². The Labute approximate surface area is 134 Å². The summed E-state index contributed by atoms with van der Waals surface area (Å²) >= 11 is 0. The second-order valence-electron chi connectivity index (χ2n) is 5.08. The molecule has 0 aliphatic heterocycles. The van der Waals surface area contributed by atoms with Crippen molar-refractivity contribution in [1.82, 2.24) is 0 Å². The first-order valence-electron chi connectivity index (χ1n) is 7.22. The number of benzene rings is 2. The van der Waals surface area contributed by atoms with Gasteiger partial charge in [-0.25, -0.2) is 0 Å². The fourth-order valence-electron chi connectivity index (χ4n) is 2.39. The van der Waals surface area contributed by atoms with Gasteiger partial charge in [0.2, 0.25) is 0 Å². The quantitative estimate of drug-likeness (QED) is 0.513. The molecule has 0 heterocycles. The van der Waals surface area contributed by atoms with Crippen molar-refractivity contribution in [2.24, 2.45) is 4.99 Å². The zero-order chi connectivity index (χ0) is 17.0. The summed E-state index contributed by atoms with van der Waals surface area (Å²) in [6.45, 7) is 7.95. The Hall–Kier alpha value is -2.95. The summed E-state index contributed by atoms with van der Waals surface area (Å²) in [5.41, 5.74) is 2.35. The molecule has 5 heteroatoms. The minimum atomic E-state index is -0.499. The number of phenolic OH excluding ortho intramolecular Hbond substituents is 1. The van der Waals surface area contributed by atoms with Crippen molar-refractivity contribution in [1.29, 1.82) is 0 Å². The Bertz CT molecular complexity index is 781. The fraction of sp³-hybridized carbons (Fsp3) is 0.167. The molecule has 0 saturated carbocycles. The van der Waals surface area contributed by atoms with Crippen LogP contribution < -0.4 is 0 Å². The van der Waals surface area contributed by atoms with Gasteiger partial charge in [0, 0.05) is 23.9 Å². The Morgan fingerprint density at radius 1 is 1.39 bits per heavy atom. The van der Waals surface area contributed by atoms with E-state index in [2.05, 4.69) is 11.6 Å². The highest BCUT2D eigenvalue weighted by Crippen LogP contribution is 2.38. The first-order chi connectivity index (χ1) is 11.0. The normalized spacial score (nSPS) is 10.9. The number of hydrogen-bond acceptors (Lipinski definition) is 4. The first-order valence-corrected chi connectivity index (χ1v) is 7.22. The molecule has 1 N–H and O–H groups in total. The van der Waals surface area contributed by atoms with Crippen LogP contribution in [0.5, 0.6) is 5.75 Å². The average Bonchev–Trinajstić information content (AvgIpc) is 2.54. The monoisotopic (exact) mass is 310 g/mol. The third-order valence-corrected chi connectivity index (χ3v) is 3.53. The van der Waals surface area contributed by atoms with Gasteiger partial charge in [-0.3, -0.25) is 15.1 Å². The average molecular weight is 310 g/mol. The SMILES string of the molecule is C=C(c1ccccc1)c1cc(C)c([N+](=O)[O-])c(C=NCC)c1O. The van der Waals surface area contributed by atoms with Crippen LogP contribution in [0.15, 0.2) is 48.0 Å². The van der Waals surface area contributed by atoms with Crippen molar-refractivity contribution in [2.45, 2.75) is 13.8 Å². The van der Waals surface area contributed by atoms with Crippen LogP contribution in [0.25, 0.3) is 5.57 Å². The van der Waals surface area contributed by atoms with Crippen LogP contribution >= 0.6 is 0 Å². The van der Waals surface area contributed by atoms with Gasteiger partial charge in [0.05, 0.1) is 4.92 Å². The van der Waals surface area contributed by atoms with Gasteiger partial charge >= 0.3 is 0 Å². The molecule has 118 valence electrons. The molecule has 2 aromatic rings. The number of rotatable bonds is 5. The molecule has 0 bridgehead atoms. The maximum absolute atomic E-state index is 11.3. The minimum Gasteiger partial charge on any atom is -0.506 e. The number of aliphatic imine (C=N–C) groups is 1. The highest BCUT2D eigenvalue weighted by Gasteiger charge is 2.24. The standard InChI is InChI=1S/C18H18N2O3/c1-4-19-11-16-17(20(22)23)12(2)10-15(18(16)21)13(3)14-8-6-5-7-9-14/h5-11,21H,3-4H2,1-2H3. The highest BCUT2D eigenvalue weighted by molar-refractivity contribution is 5.95. The van der Waals surface area contributed by atoms with Crippen molar-refractivity contribution in [2.75, 3.05) is 6.54 Å². The van der Waals surface area contributed by atoms with Crippen LogP contribution in [-0.2, 0) is 0 Å². The third kappa shape index (κ3) is 3.29. The predicted octanol–water partition coefficient (Wildman–Crippen LogP) is 4.11. The topological polar surface area (TPSA) is 75.7 Å². The van der Waals surface area contributed by atoms with E-state index in [4.69, 9.17) is 0 Å². The van der Waals surface area contributed by atoms with Crippen molar-refractivity contribution in [3.63, 3.8) is 0 Å². The Morgan fingerprint density at radius 2 is 2.04 bits per heavy atom. The van der Waals surface area contributed by atoms with E-state index >= 15 is 0 Å². The summed E-state index contributed by atoms with van der Waals surface area (Å²) in [5, 5.41) is 21.9. The van der Waals surface area contributed by atoms with Gasteiger partial charge in [0.25, 0.3) is 5.69 Å². The lowest BCUT2D eigenvalue weighted by molar-refractivity contribution is -0.385. The van der Waals surface area contributed by atoms with Crippen molar-refractivity contribution in [3.05, 3.63) is 75.3 Å². The largest absolute Gasteiger partial charge is 0.506 e. The number of nitro groups is 1. The molecule has 0 aromatic heterocycles. The first kappa shape index (κ1) is 16.4. The van der Waals surface area contributed by atoms with Gasteiger partial charge in [0.1, 0.15) is 11.3 Å². The van der Waals surface area contributed by atoms with Gasteiger partial charge in [-0.15, -0.1) is 0 Å². The van der Waals surface area contributed by atoms with Gasteiger partial charge in [0.15, 0.2) is 0 Å². The van der Waals surface area contributed by atoms with E-state index < -0.39 is 4.92 Å². The van der Waals surface area contributed by atoms with Crippen LogP contribution in [0, 0.1) is 17.0 Å². The number of hydrogen-bond donors (Lipinski definition) is 1. The zero-order valence-electron chi connectivity index (χ0n) is 13.1. The molecule has 0 saturated heterocycles. The van der Waals surface area contributed by atoms with E-state index in [1.165, 1.54) is 6.21 Å². The molecule has 0 aliphatic rings. The molecular formula is C18H18N2O3. The molecule has 0 fully saturated rings. The molecule has 23 heavy (non-hydrogen) atoms. The van der Waals surface area contributed by atoms with E-state index in [9.17, 15) is 15.2 Å². The molecule has 2 aromatic carbocycles. The van der Waals surface area contributed by atoms with E-state index in [1.807, 2.05) is 37.3 Å². The molecule has 0 radical (unpaired) electrons. The number of nitrogens with zero attached hydrogens (tertiary/aromatic N) is 2. The highest BCUT2D eigenvalue weighted by atomic mass is 16.6. The van der Waals surface area contributed by atoms with Crippen molar-refractivity contribution >= 4 is 17.5 Å². The maximum atomic E-state index is 11.3. The van der Waals surface area contributed by atoms with E-state index in [0.29, 0.717) is 23.2 Å². The molecule has 5 nitrogen and oxygen atoms in total. The summed E-state index contributed by atoms with van der Waals surface area (Å²) in [7, 11) is 0. The van der Waals surface area contributed by atoms with Crippen molar-refractivity contribution in [3.8, 4) is 5.75 Å². The molecule has 0 aliphatic carbocycles. The second kappa shape index (κ2) is 6.87. The summed E-state index contributed by atoms with van der Waals surface area (Å²) in [6, 6.07) is 11.0. The number of nitro benzene ring substituents is 1. The summed E-state index contributed by atoms with van der Waals surface area (Å²) < 4.78 is 0. The molecule has 0 unspecified atom stereocenters. The molecular weight excluding hydrogens is 292 g/mol. The molecule has 0 amide bonds. The summed E-state index contributed by atoms with van der Waals surface area (Å²) in [5.74, 6) is -0.173. The Balaban J connectivity index is 2.67. The maximum Gasteiger partial charge on any atom is 0.284 e. The number of aromatic hydroxyl groups is 1. The van der Waals surface area contributed by atoms with Gasteiger partial charge < -0.3 is 5.11 Å². The van der Waals surface area contributed by atoms with Crippen LogP contribution in [0.3, 0.4) is 0 Å². The van der Waals surface area contributed by atoms with Crippen LogP contribution in [0.4, 0.5) is 5.69 Å². The van der Waals surface area contributed by atoms with Crippen molar-refractivity contribution < 1.29 is 10.0 Å². The Morgan fingerprint density at radius 3 is 2.61 bits per heavy atom. The predicted molar refractivity (Wildman–Crippen MR) is 92.2 cm³/mol. The second-order valence-corrected chi connectivity index (χ2v) is 5.08. The van der Waals surface area contributed by atoms with Gasteiger partial charge in [-0.2, -0.15) is 0 Å². The lowest BCUT2D eigenvalue weighted by atomic mass is 9.94. The van der Waals surface area contributed by atoms with E-state index in [1.54, 1.807) is 13.0 Å². The number of phenols is 1. The molecule has 0 spiro atoms. The lowest BCUT2D eigenvalue weighted by Crippen LogP contribution is -2.01. The third-order valence-electron chi connectivity index (χ3n) is 3.53. The lowest BCUT2D eigenvalue weighted by Gasteiger charge is -2.13. The minimum absolute atomic E-state index is 0.115. The van der Waals surface area contributed by atoms with Crippen LogP contribution in [-0.4, -0.2) is 22.8 Å². The molecule has 2 rings (SSSR count). The molecule has 0 atom stereocenters. The number of aryl methyl sites for hydroxylation is 1. The Kier molecular flexibility index (Phi) is 4.91. The van der Waals surface area contributed by atoms with E-state index in [0.717, 1.165) is 5.56 Å². The van der Waals surface area contributed by atoms with Crippen LogP contribution in [0.2, 0.25) is 0 Å². The summed E-state index contributed by atoms with van der Waals surface area (Å²) in [6.07, 6.45) is 1.35. The van der Waals surface area contributed by atoms with Gasteiger partial charge in [-0.1, -0.05) is 36.9 Å². The van der Waals surface area contributed by atoms with E-state index in [-0.39, 0.29) is 17.0 Å². The summed E-state index contributed by atoms with van der Waals surface area (Å²) in [4.78, 5) is 14.9. The smallest absolute Gasteiger partial charge is 0.284 e. The zero-order valence-corrected chi connectivity index (χ0v) is 13.1.